The van der Waals surface area contributed by atoms with Crippen LogP contribution < -0.4 is 5.32 Å². The summed E-state index contributed by atoms with van der Waals surface area (Å²) in [5.74, 6) is 0.161. The number of aryl methyl sites for hydroxylation is 2. The summed E-state index contributed by atoms with van der Waals surface area (Å²) in [6, 6.07) is 8.10. The Hall–Kier alpha value is -1.65. The largest absolute Gasteiger partial charge is 0.303 e. The number of benzene rings is 1. The fourth-order valence-electron chi connectivity index (χ4n) is 2.84. The molecular weight excluding hydrogens is 286 g/mol. The lowest BCUT2D eigenvalue weighted by atomic mass is 9.92. The first-order chi connectivity index (χ1) is 10.1. The van der Waals surface area contributed by atoms with Crippen molar-refractivity contribution < 1.29 is 4.79 Å². The van der Waals surface area contributed by atoms with E-state index in [0.29, 0.717) is 11.4 Å². The molecule has 0 amide bonds. The number of hydrogen-bond donors (Lipinski definition) is 1. The Bertz CT molecular complexity index is 693. The van der Waals surface area contributed by atoms with Crippen LogP contribution >= 0.6 is 11.6 Å². The van der Waals surface area contributed by atoms with Crippen molar-refractivity contribution in [1.82, 2.24) is 15.1 Å². The van der Waals surface area contributed by atoms with Crippen LogP contribution in [-0.2, 0) is 31.2 Å². The second kappa shape index (κ2) is 5.62. The second-order valence-electron chi connectivity index (χ2n) is 5.52. The van der Waals surface area contributed by atoms with Gasteiger partial charge < -0.3 is 5.32 Å². The van der Waals surface area contributed by atoms with Gasteiger partial charge in [0.25, 0.3) is 0 Å². The van der Waals surface area contributed by atoms with E-state index in [2.05, 4.69) is 22.5 Å². The van der Waals surface area contributed by atoms with Gasteiger partial charge in [-0.25, -0.2) is 0 Å². The summed E-state index contributed by atoms with van der Waals surface area (Å²) in [4.78, 5) is 12.5. The van der Waals surface area contributed by atoms with Crippen molar-refractivity contribution in [3.63, 3.8) is 0 Å². The first-order valence-corrected chi connectivity index (χ1v) is 7.45. The third kappa shape index (κ3) is 2.74. The molecule has 1 aromatic carbocycles. The minimum Gasteiger partial charge on any atom is -0.303 e. The van der Waals surface area contributed by atoms with Gasteiger partial charge >= 0.3 is 0 Å². The van der Waals surface area contributed by atoms with Crippen LogP contribution in [0.4, 0.5) is 0 Å². The summed E-state index contributed by atoms with van der Waals surface area (Å²) in [6.45, 7) is 2.59. The van der Waals surface area contributed by atoms with Crippen LogP contribution in [-0.4, -0.2) is 21.6 Å². The Morgan fingerprint density at radius 1 is 1.43 bits per heavy atom. The first-order valence-electron chi connectivity index (χ1n) is 7.07. The highest BCUT2D eigenvalue weighted by Crippen LogP contribution is 2.22. The maximum Gasteiger partial charge on any atom is 0.156 e. The van der Waals surface area contributed by atoms with E-state index in [0.717, 1.165) is 24.4 Å². The van der Waals surface area contributed by atoms with Crippen LogP contribution in [0.2, 0.25) is 5.02 Å². The highest BCUT2D eigenvalue weighted by atomic mass is 35.5. The van der Waals surface area contributed by atoms with Gasteiger partial charge in [0.1, 0.15) is 0 Å². The predicted molar refractivity (Wildman–Crippen MR) is 82.4 cm³/mol. The highest BCUT2D eigenvalue weighted by Gasteiger charge is 2.25. The zero-order chi connectivity index (χ0) is 15.0. The summed E-state index contributed by atoms with van der Waals surface area (Å²) in [5.41, 5.74) is 4.08. The fourth-order valence-corrected chi connectivity index (χ4v) is 3.07. The van der Waals surface area contributed by atoms with E-state index in [4.69, 9.17) is 11.6 Å². The molecule has 110 valence electrons. The molecule has 1 N–H and O–H groups in total. The summed E-state index contributed by atoms with van der Waals surface area (Å²) >= 11 is 6.22. The van der Waals surface area contributed by atoms with E-state index in [1.165, 1.54) is 11.1 Å². The van der Waals surface area contributed by atoms with Gasteiger partial charge in [0.05, 0.1) is 28.9 Å². The Morgan fingerprint density at radius 2 is 2.14 bits per heavy atom. The minimum absolute atomic E-state index is 0.147. The van der Waals surface area contributed by atoms with Crippen LogP contribution in [0, 0.1) is 6.92 Å². The lowest BCUT2D eigenvalue weighted by Crippen LogP contribution is -2.42. The van der Waals surface area contributed by atoms with Gasteiger partial charge in [-0.05, 0) is 24.5 Å². The number of nitrogens with one attached hydrogen (secondary N) is 1. The normalized spacial score (nSPS) is 17.6. The van der Waals surface area contributed by atoms with Crippen molar-refractivity contribution in [2.45, 2.75) is 32.4 Å². The molecule has 0 radical (unpaired) electrons. The number of hydrogen-bond acceptors (Lipinski definition) is 3. The van der Waals surface area contributed by atoms with E-state index in [1.54, 1.807) is 4.68 Å². The molecular formula is C16H18ClN3O. The van der Waals surface area contributed by atoms with Crippen molar-refractivity contribution in [3.8, 4) is 0 Å². The quantitative estimate of drug-likeness (QED) is 0.945. The van der Waals surface area contributed by atoms with Crippen molar-refractivity contribution >= 4 is 17.4 Å². The van der Waals surface area contributed by atoms with Crippen LogP contribution in [0.3, 0.4) is 0 Å². The highest BCUT2D eigenvalue weighted by molar-refractivity contribution is 6.32. The van der Waals surface area contributed by atoms with Crippen LogP contribution in [0.15, 0.2) is 24.3 Å². The molecule has 2 heterocycles. The maximum atomic E-state index is 12.5. The van der Waals surface area contributed by atoms with Crippen molar-refractivity contribution in [2.24, 2.45) is 7.05 Å². The minimum atomic E-state index is -0.147. The zero-order valence-corrected chi connectivity index (χ0v) is 12.9. The molecule has 1 atom stereocenters. The molecule has 1 aromatic heterocycles. The average Bonchev–Trinajstić information content (AvgIpc) is 2.73. The SMILES string of the molecule is Cc1nn(C)c(CC(=O)C2Cc3ccccc3CN2)c1Cl. The van der Waals surface area contributed by atoms with Gasteiger partial charge in [-0.3, -0.25) is 9.48 Å². The number of nitrogens with zero attached hydrogens (tertiary/aromatic N) is 2. The number of fused-ring (bicyclic) bond motifs is 1. The molecule has 0 saturated heterocycles. The first kappa shape index (κ1) is 14.3. The molecule has 21 heavy (non-hydrogen) atoms. The Kier molecular flexibility index (Phi) is 3.83. The van der Waals surface area contributed by atoms with Gasteiger partial charge in [0.15, 0.2) is 5.78 Å². The van der Waals surface area contributed by atoms with E-state index >= 15 is 0 Å². The van der Waals surface area contributed by atoms with Gasteiger partial charge in [-0.15, -0.1) is 0 Å². The number of ketones is 1. The lowest BCUT2D eigenvalue weighted by molar-refractivity contribution is -0.120. The second-order valence-corrected chi connectivity index (χ2v) is 5.90. The molecule has 0 saturated carbocycles. The molecule has 0 spiro atoms. The summed E-state index contributed by atoms with van der Waals surface area (Å²) in [5, 5.41) is 8.17. The van der Waals surface area contributed by atoms with E-state index < -0.39 is 0 Å². The number of carbonyl (C=O) groups excluding carboxylic acids is 1. The van der Waals surface area contributed by atoms with Crippen LogP contribution in [0.1, 0.15) is 22.5 Å². The maximum absolute atomic E-state index is 12.5. The molecule has 0 bridgehead atoms. The monoisotopic (exact) mass is 303 g/mol. The van der Waals surface area contributed by atoms with E-state index in [1.807, 2.05) is 26.1 Å². The molecule has 3 rings (SSSR count). The van der Waals surface area contributed by atoms with E-state index in [9.17, 15) is 4.79 Å². The number of rotatable bonds is 3. The lowest BCUT2D eigenvalue weighted by Gasteiger charge is -2.25. The summed E-state index contributed by atoms with van der Waals surface area (Å²) in [7, 11) is 1.82. The average molecular weight is 304 g/mol. The van der Waals surface area contributed by atoms with Crippen molar-refractivity contribution in [3.05, 3.63) is 51.8 Å². The summed E-state index contributed by atoms with van der Waals surface area (Å²) < 4.78 is 1.70. The Labute approximate surface area is 129 Å². The third-order valence-corrected chi connectivity index (χ3v) is 4.56. The van der Waals surface area contributed by atoms with Gasteiger partial charge in [-0.1, -0.05) is 35.9 Å². The molecule has 5 heteroatoms. The number of carbonyl (C=O) groups is 1. The molecule has 1 aliphatic heterocycles. The zero-order valence-electron chi connectivity index (χ0n) is 12.2. The molecule has 2 aromatic rings. The molecule has 0 fully saturated rings. The standard InChI is InChI=1S/C16H18ClN3O/c1-10-16(17)14(20(2)19-10)8-15(21)13-7-11-5-3-4-6-12(11)9-18-13/h3-6,13,18H,7-9H2,1-2H3. The number of aromatic nitrogens is 2. The number of Topliss-reactive ketones (excluding diaryl/α,β-unsaturated/α-hetero) is 1. The van der Waals surface area contributed by atoms with Crippen LogP contribution in [0.25, 0.3) is 0 Å². The van der Waals surface area contributed by atoms with Gasteiger partial charge in [-0.2, -0.15) is 5.10 Å². The van der Waals surface area contributed by atoms with E-state index in [-0.39, 0.29) is 11.8 Å². The smallest absolute Gasteiger partial charge is 0.156 e. The van der Waals surface area contributed by atoms with Crippen molar-refractivity contribution in [1.29, 1.82) is 0 Å². The topological polar surface area (TPSA) is 46.9 Å². The molecule has 0 aliphatic carbocycles. The molecule has 1 aliphatic rings. The van der Waals surface area contributed by atoms with Crippen LogP contribution in [0.5, 0.6) is 0 Å². The third-order valence-electron chi connectivity index (χ3n) is 4.07. The fraction of sp³-hybridized carbons (Fsp3) is 0.375. The Morgan fingerprint density at radius 3 is 2.81 bits per heavy atom. The molecule has 1 unspecified atom stereocenters. The molecule has 4 nitrogen and oxygen atoms in total. The predicted octanol–water partition coefficient (Wildman–Crippen LogP) is 2.21. The number of halogens is 1. The van der Waals surface area contributed by atoms with Gasteiger partial charge in [0, 0.05) is 13.6 Å². The van der Waals surface area contributed by atoms with Gasteiger partial charge in [0.2, 0.25) is 0 Å². The Balaban J connectivity index is 1.75. The summed E-state index contributed by atoms with van der Waals surface area (Å²) in [6.07, 6.45) is 1.06. The van der Waals surface area contributed by atoms with Crippen molar-refractivity contribution in [2.75, 3.05) is 0 Å².